The third kappa shape index (κ3) is 3.29. The minimum atomic E-state index is -0.634. The Morgan fingerprint density at radius 2 is 1.36 bits per heavy atom. The van der Waals surface area contributed by atoms with Crippen LogP contribution in [-0.4, -0.2) is 24.1 Å². The minimum Gasteiger partial charge on any atom is -0.454 e. The lowest BCUT2D eigenvalue weighted by Gasteiger charge is -2.52. The largest absolute Gasteiger partial charge is 0.454 e. The number of hydrogen-bond donors (Lipinski definition) is 0. The van der Waals surface area contributed by atoms with Gasteiger partial charge >= 0.3 is 11.9 Å². The molecule has 3 saturated carbocycles. The van der Waals surface area contributed by atoms with Crippen LogP contribution < -0.4 is 0 Å². The lowest BCUT2D eigenvalue weighted by molar-refractivity contribution is -0.144. The third-order valence-corrected chi connectivity index (χ3v) is 6.01. The Hall–Kier alpha value is -3.06. The van der Waals surface area contributed by atoms with E-state index >= 15 is 0 Å². The Bertz CT molecular complexity index is 889. The van der Waals surface area contributed by atoms with Gasteiger partial charge in [0.25, 0.3) is 0 Å². The molecule has 2 aromatic rings. The van der Waals surface area contributed by atoms with E-state index < -0.39 is 29.6 Å². The Morgan fingerprint density at radius 1 is 0.857 bits per heavy atom. The van der Waals surface area contributed by atoms with Crippen LogP contribution in [0.25, 0.3) is 0 Å². The highest BCUT2D eigenvalue weighted by Gasteiger charge is 2.56. The second-order valence-electron chi connectivity index (χ2n) is 7.57. The lowest BCUT2D eigenvalue weighted by Crippen LogP contribution is -2.58. The molecule has 2 atom stereocenters. The Kier molecular flexibility index (Phi) is 4.92. The quantitative estimate of drug-likeness (QED) is 0.593. The van der Waals surface area contributed by atoms with Crippen molar-refractivity contribution in [2.75, 3.05) is 0 Å². The van der Waals surface area contributed by atoms with E-state index in [0.717, 1.165) is 25.7 Å². The van der Waals surface area contributed by atoms with Gasteiger partial charge in [-0.05, 0) is 55.9 Å². The predicted octanol–water partition coefficient (Wildman–Crippen LogP) is 4.26. The van der Waals surface area contributed by atoms with Gasteiger partial charge in [0.2, 0.25) is 0 Å². The summed E-state index contributed by atoms with van der Waals surface area (Å²) in [6.07, 6.45) is 8.04. The predicted molar refractivity (Wildman–Crippen MR) is 105 cm³/mol. The number of fused-ring (bicyclic) bond motifs is 3. The van der Waals surface area contributed by atoms with Crippen LogP contribution >= 0.6 is 0 Å². The van der Waals surface area contributed by atoms with Gasteiger partial charge in [-0.25, -0.2) is 9.59 Å². The second kappa shape index (κ2) is 7.52. The summed E-state index contributed by atoms with van der Waals surface area (Å²) < 4.78 is 11.8. The molecular weight excluding hydrogens is 352 g/mol. The molecule has 0 aliphatic heterocycles. The molecule has 28 heavy (non-hydrogen) atoms. The van der Waals surface area contributed by atoms with Crippen LogP contribution in [0, 0.1) is 23.7 Å². The van der Waals surface area contributed by atoms with Crippen molar-refractivity contribution in [3.05, 3.63) is 71.8 Å². The van der Waals surface area contributed by atoms with Crippen LogP contribution in [0.5, 0.6) is 0 Å². The van der Waals surface area contributed by atoms with Gasteiger partial charge in [0.1, 0.15) is 6.10 Å². The Balaban J connectivity index is 1.60. The molecule has 2 unspecified atom stereocenters. The summed E-state index contributed by atoms with van der Waals surface area (Å²) in [5.74, 6) is 2.19. The van der Waals surface area contributed by atoms with Gasteiger partial charge in [0, 0.05) is 0 Å². The summed E-state index contributed by atoms with van der Waals surface area (Å²) in [7, 11) is 0. The SMILES string of the molecule is C#CC12CCC(CC1)C(OC(=O)c1ccccc1)C2OC(=O)c1ccccc1. The first kappa shape index (κ1) is 18.3. The summed E-state index contributed by atoms with van der Waals surface area (Å²) in [4.78, 5) is 25.4. The van der Waals surface area contributed by atoms with Crippen molar-refractivity contribution in [2.45, 2.75) is 37.9 Å². The van der Waals surface area contributed by atoms with Crippen molar-refractivity contribution >= 4 is 11.9 Å². The summed E-state index contributed by atoms with van der Waals surface area (Å²) in [5, 5.41) is 0. The number of esters is 2. The summed E-state index contributed by atoms with van der Waals surface area (Å²) in [6, 6.07) is 17.7. The average Bonchev–Trinajstić information content (AvgIpc) is 2.77. The number of carbonyl (C=O) groups excluding carboxylic acids is 2. The van der Waals surface area contributed by atoms with Gasteiger partial charge in [0.15, 0.2) is 6.10 Å². The molecule has 2 bridgehead atoms. The van der Waals surface area contributed by atoms with E-state index in [0.29, 0.717) is 11.1 Å². The van der Waals surface area contributed by atoms with Gasteiger partial charge in [0.05, 0.1) is 16.5 Å². The highest BCUT2D eigenvalue weighted by atomic mass is 16.6. The molecule has 4 heteroatoms. The van der Waals surface area contributed by atoms with E-state index in [1.54, 1.807) is 48.5 Å². The highest BCUT2D eigenvalue weighted by Crippen LogP contribution is 2.52. The van der Waals surface area contributed by atoms with Crippen LogP contribution in [0.2, 0.25) is 0 Å². The van der Waals surface area contributed by atoms with E-state index in [1.165, 1.54) is 0 Å². The van der Waals surface area contributed by atoms with E-state index in [4.69, 9.17) is 15.9 Å². The van der Waals surface area contributed by atoms with Gasteiger partial charge in [-0.15, -0.1) is 6.42 Å². The Morgan fingerprint density at radius 3 is 1.86 bits per heavy atom. The molecule has 3 fully saturated rings. The van der Waals surface area contributed by atoms with Crippen molar-refractivity contribution in [2.24, 2.45) is 11.3 Å². The maximum absolute atomic E-state index is 12.7. The van der Waals surface area contributed by atoms with Crippen LogP contribution in [0.15, 0.2) is 60.7 Å². The maximum Gasteiger partial charge on any atom is 0.338 e. The van der Waals surface area contributed by atoms with Crippen molar-refractivity contribution in [3.63, 3.8) is 0 Å². The summed E-state index contributed by atoms with van der Waals surface area (Å²) in [5.41, 5.74) is 0.358. The summed E-state index contributed by atoms with van der Waals surface area (Å²) >= 11 is 0. The molecule has 3 aliphatic rings. The molecule has 0 amide bonds. The summed E-state index contributed by atoms with van der Waals surface area (Å²) in [6.45, 7) is 0. The molecule has 5 rings (SSSR count). The van der Waals surface area contributed by atoms with E-state index in [2.05, 4.69) is 5.92 Å². The van der Waals surface area contributed by atoms with Crippen LogP contribution in [0.1, 0.15) is 46.4 Å². The van der Waals surface area contributed by atoms with Crippen molar-refractivity contribution < 1.29 is 19.1 Å². The fourth-order valence-corrected chi connectivity index (χ4v) is 4.42. The minimum absolute atomic E-state index is 0.150. The average molecular weight is 374 g/mol. The van der Waals surface area contributed by atoms with Gasteiger partial charge in [-0.2, -0.15) is 0 Å². The van der Waals surface area contributed by atoms with Crippen molar-refractivity contribution in [1.82, 2.24) is 0 Å². The number of ether oxygens (including phenoxy) is 2. The molecule has 2 aromatic carbocycles. The fraction of sp³-hybridized carbons (Fsp3) is 0.333. The first-order chi connectivity index (χ1) is 13.6. The van der Waals surface area contributed by atoms with Crippen molar-refractivity contribution in [3.8, 4) is 12.3 Å². The molecule has 0 heterocycles. The zero-order chi connectivity index (χ0) is 19.6. The topological polar surface area (TPSA) is 52.6 Å². The van der Waals surface area contributed by atoms with Crippen molar-refractivity contribution in [1.29, 1.82) is 0 Å². The number of rotatable bonds is 4. The molecule has 4 nitrogen and oxygen atoms in total. The number of hydrogen-bond acceptors (Lipinski definition) is 4. The molecule has 142 valence electrons. The first-order valence-electron chi connectivity index (χ1n) is 9.63. The zero-order valence-electron chi connectivity index (χ0n) is 15.5. The van der Waals surface area contributed by atoms with Crippen LogP contribution in [-0.2, 0) is 9.47 Å². The van der Waals surface area contributed by atoms with E-state index in [-0.39, 0.29) is 5.92 Å². The first-order valence-corrected chi connectivity index (χ1v) is 9.63. The monoisotopic (exact) mass is 374 g/mol. The molecule has 0 N–H and O–H groups in total. The zero-order valence-corrected chi connectivity index (χ0v) is 15.5. The fourth-order valence-electron chi connectivity index (χ4n) is 4.42. The number of terminal acetylenes is 1. The number of carbonyl (C=O) groups is 2. The normalized spacial score (nSPS) is 28.2. The molecule has 0 spiro atoms. The molecule has 0 radical (unpaired) electrons. The third-order valence-electron chi connectivity index (χ3n) is 6.01. The molecular formula is C24H22O4. The molecule has 0 saturated heterocycles. The highest BCUT2D eigenvalue weighted by molar-refractivity contribution is 5.90. The molecule has 3 aliphatic carbocycles. The van der Waals surface area contributed by atoms with Gasteiger partial charge < -0.3 is 9.47 Å². The Labute approximate surface area is 164 Å². The van der Waals surface area contributed by atoms with Gasteiger partial charge in [-0.1, -0.05) is 42.3 Å². The van der Waals surface area contributed by atoms with Crippen LogP contribution in [0.3, 0.4) is 0 Å². The van der Waals surface area contributed by atoms with E-state index in [1.807, 2.05) is 12.1 Å². The van der Waals surface area contributed by atoms with Gasteiger partial charge in [-0.3, -0.25) is 0 Å². The van der Waals surface area contributed by atoms with E-state index in [9.17, 15) is 9.59 Å². The maximum atomic E-state index is 12.7. The standard InChI is InChI=1S/C24H22O4/c1-2-24-15-13-17(14-16-24)20(27-22(25)18-9-5-3-6-10-18)21(24)28-23(26)19-11-7-4-8-12-19/h1,3-12,17,20-21H,13-16H2. The molecule has 0 aromatic heterocycles. The number of benzene rings is 2. The van der Waals surface area contributed by atoms with Crippen LogP contribution in [0.4, 0.5) is 0 Å². The lowest BCUT2D eigenvalue weighted by atomic mass is 9.58. The smallest absolute Gasteiger partial charge is 0.338 e. The second-order valence-corrected chi connectivity index (χ2v) is 7.57.